The Kier molecular flexibility index (Phi) is 246. The normalized spacial score (nSPS) is 0.500. The van der Waals surface area contributed by atoms with Crippen LogP contribution in [0.5, 0.6) is 0 Å². The van der Waals surface area contributed by atoms with Crippen molar-refractivity contribution in [3.63, 3.8) is 0 Å². The summed E-state index contributed by atoms with van der Waals surface area (Å²) in [5.74, 6) is 0. The first kappa shape index (κ1) is 35.2. The van der Waals surface area contributed by atoms with Crippen molar-refractivity contribution < 1.29 is 15.0 Å². The van der Waals surface area contributed by atoms with Crippen LogP contribution in [0.2, 0.25) is 0 Å². The van der Waals surface area contributed by atoms with Crippen molar-refractivity contribution in [2.45, 2.75) is 0 Å². The summed E-state index contributed by atoms with van der Waals surface area (Å²) >= 11 is 0.611. The van der Waals surface area contributed by atoms with Gasteiger partial charge >= 0.3 is 95.5 Å². The SMILES string of the molecule is O.S.[Ca+2].[Ca+2].[H-].[H-].[H-].[H-].[O]=[AlH]. The molecule has 6 heteroatoms. The van der Waals surface area contributed by atoms with Gasteiger partial charge in [0.15, 0.2) is 0 Å². The van der Waals surface area contributed by atoms with Gasteiger partial charge in [-0.25, -0.2) is 0 Å². The Morgan fingerprint density at radius 2 is 1.17 bits per heavy atom. The van der Waals surface area contributed by atoms with Crippen LogP contribution in [0.25, 0.3) is 0 Å². The van der Waals surface area contributed by atoms with E-state index < -0.39 is 0 Å². The average molecular weight is 180 g/mol. The van der Waals surface area contributed by atoms with Crippen LogP contribution in [0.15, 0.2) is 0 Å². The molecule has 0 heterocycles. The molecule has 0 bridgehead atoms. The third-order valence-electron chi connectivity index (χ3n) is 0. The molecule has 0 radical (unpaired) electrons. The summed E-state index contributed by atoms with van der Waals surface area (Å²) in [6.07, 6.45) is 0. The first-order valence-corrected chi connectivity index (χ1v) is 0.866. The second-order valence-electron chi connectivity index (χ2n) is 0. The molecule has 0 aromatic heterocycles. The van der Waals surface area contributed by atoms with Crippen molar-refractivity contribution in [1.29, 1.82) is 0 Å². The second-order valence-corrected chi connectivity index (χ2v) is 0. The van der Waals surface area contributed by atoms with Crippen molar-refractivity contribution in [3.8, 4) is 0 Å². The molecular formula is H9AlCa2O2S. The van der Waals surface area contributed by atoms with Crippen LogP contribution in [0.1, 0.15) is 5.71 Å². The number of hydrogen-bond donors (Lipinski definition) is 0. The first-order valence-electron chi connectivity index (χ1n) is 0.289. The fourth-order valence-corrected chi connectivity index (χ4v) is 0. The van der Waals surface area contributed by atoms with Gasteiger partial charge in [0.05, 0.1) is 0 Å². The maximum atomic E-state index is 8.28. The van der Waals surface area contributed by atoms with Crippen LogP contribution in [-0.4, -0.2) is 97.2 Å². The summed E-state index contributed by atoms with van der Waals surface area (Å²) < 4.78 is 8.28. The van der Waals surface area contributed by atoms with Gasteiger partial charge in [-0.15, -0.1) is 0 Å². The molecule has 34 valence electrons. The zero-order valence-electron chi connectivity index (χ0n) is 7.53. The Labute approximate surface area is 118 Å². The molecule has 0 aromatic carbocycles. The van der Waals surface area contributed by atoms with E-state index in [1.54, 1.807) is 0 Å². The van der Waals surface area contributed by atoms with Gasteiger partial charge < -0.3 is 11.2 Å². The van der Waals surface area contributed by atoms with Gasteiger partial charge in [0.1, 0.15) is 0 Å². The summed E-state index contributed by atoms with van der Waals surface area (Å²) in [6, 6.07) is 0. The Morgan fingerprint density at radius 1 is 1.17 bits per heavy atom. The van der Waals surface area contributed by atoms with E-state index in [0.717, 1.165) is 0 Å². The van der Waals surface area contributed by atoms with E-state index in [1.807, 2.05) is 0 Å². The van der Waals surface area contributed by atoms with E-state index in [0.29, 0.717) is 16.2 Å². The topological polar surface area (TPSA) is 48.6 Å². The van der Waals surface area contributed by atoms with E-state index in [1.165, 1.54) is 0 Å². The van der Waals surface area contributed by atoms with Crippen LogP contribution in [0, 0.1) is 0 Å². The fourth-order valence-electron chi connectivity index (χ4n) is 0. The number of hydrogen-bond acceptors (Lipinski definition) is 1. The molecule has 0 spiro atoms. The molecule has 6 heavy (non-hydrogen) atoms. The second kappa shape index (κ2) is 41.9. The molecule has 0 aliphatic heterocycles. The van der Waals surface area contributed by atoms with Gasteiger partial charge in [-0.1, -0.05) is 0 Å². The van der Waals surface area contributed by atoms with Crippen molar-refractivity contribution in [3.05, 3.63) is 0 Å². The predicted molar refractivity (Wildman–Crippen MR) is 37.8 cm³/mol. The zero-order valence-corrected chi connectivity index (χ0v) is 10.4. The van der Waals surface area contributed by atoms with Gasteiger partial charge in [-0.3, -0.25) is 0 Å². The van der Waals surface area contributed by atoms with Gasteiger partial charge in [0.2, 0.25) is 0 Å². The minimum atomic E-state index is 0. The van der Waals surface area contributed by atoms with Crippen LogP contribution >= 0.6 is 13.5 Å². The third kappa shape index (κ3) is 27.2. The minimum absolute atomic E-state index is 0. The summed E-state index contributed by atoms with van der Waals surface area (Å²) in [7, 11) is 0. The maximum absolute atomic E-state index is 8.28. The molecule has 2 N–H and O–H groups in total. The summed E-state index contributed by atoms with van der Waals surface area (Å²) in [4.78, 5) is 0. The van der Waals surface area contributed by atoms with E-state index in [9.17, 15) is 0 Å². The molecule has 0 amide bonds. The Morgan fingerprint density at radius 3 is 1.17 bits per heavy atom. The predicted octanol–water partition coefficient (Wildman–Crippen LogP) is -1.79. The molecular weight excluding hydrogens is 171 g/mol. The molecule has 0 saturated carbocycles. The van der Waals surface area contributed by atoms with E-state index >= 15 is 0 Å². The molecule has 0 rings (SSSR count). The van der Waals surface area contributed by atoms with Crippen molar-refractivity contribution in [2.24, 2.45) is 0 Å². The van der Waals surface area contributed by atoms with Gasteiger partial charge in [0.25, 0.3) is 0 Å². The van der Waals surface area contributed by atoms with Crippen LogP contribution in [0.3, 0.4) is 0 Å². The molecule has 0 aliphatic carbocycles. The van der Waals surface area contributed by atoms with E-state index in [2.05, 4.69) is 0 Å². The number of rotatable bonds is 0. The average Bonchev–Trinajstić information content (AvgIpc) is 1.00. The molecule has 0 atom stereocenters. The molecule has 0 aliphatic rings. The van der Waals surface area contributed by atoms with Crippen LogP contribution in [0.4, 0.5) is 0 Å². The van der Waals surface area contributed by atoms with E-state index in [4.69, 9.17) is 3.80 Å². The van der Waals surface area contributed by atoms with Crippen molar-refractivity contribution in [1.82, 2.24) is 0 Å². The molecule has 0 unspecified atom stereocenters. The Hall–Kier alpha value is 3.16. The van der Waals surface area contributed by atoms with Crippen molar-refractivity contribution >= 4 is 105 Å². The van der Waals surface area contributed by atoms with Gasteiger partial charge in [-0.2, -0.15) is 13.5 Å². The summed E-state index contributed by atoms with van der Waals surface area (Å²) in [6.45, 7) is 0. The quantitative estimate of drug-likeness (QED) is 0.406. The Balaban J connectivity index is -0.000000000179. The Bertz CT molecular complexity index is 21.2. The van der Waals surface area contributed by atoms with Crippen LogP contribution < -0.4 is 0 Å². The van der Waals surface area contributed by atoms with Crippen LogP contribution in [-0.2, 0) is 3.80 Å². The van der Waals surface area contributed by atoms with E-state index in [-0.39, 0.29) is 100 Å². The van der Waals surface area contributed by atoms with Gasteiger partial charge in [0, 0.05) is 0 Å². The molecule has 0 fully saturated rings. The first-order chi connectivity index (χ1) is 1.00. The fraction of sp³-hybridized carbons (Fsp3) is 0. The third-order valence-corrected chi connectivity index (χ3v) is 0. The molecule has 0 aromatic rings. The summed E-state index contributed by atoms with van der Waals surface area (Å²) in [5, 5.41) is 0. The zero-order chi connectivity index (χ0) is 2.00. The standard InChI is InChI=1S/Al.2Ca.H2O.O.H2S.5H/h;;;1H2;;1H2;;;;;/q;2*+2;;;;;4*-1. The monoisotopic (exact) mass is 180 g/mol. The van der Waals surface area contributed by atoms with Gasteiger partial charge in [-0.05, 0) is 0 Å². The molecule has 0 saturated heterocycles. The molecule has 2 nitrogen and oxygen atoms in total. The summed E-state index contributed by atoms with van der Waals surface area (Å²) in [5.41, 5.74) is 0. The van der Waals surface area contributed by atoms with Crippen molar-refractivity contribution in [2.75, 3.05) is 0 Å².